The Morgan fingerprint density at radius 1 is 0.929 bits per heavy atom. The zero-order valence-corrected chi connectivity index (χ0v) is 21.8. The Morgan fingerprint density at radius 3 is 2.00 bits per heavy atom. The lowest BCUT2D eigenvalue weighted by atomic mass is 10.1. The second-order valence-corrected chi connectivity index (χ2v) is 8.41. The molecule has 1 aliphatic heterocycles. The van der Waals surface area contributed by atoms with Crippen LogP contribution in [0.2, 0.25) is 0 Å². The van der Waals surface area contributed by atoms with Crippen molar-refractivity contribution in [3.8, 4) is 0 Å². The van der Waals surface area contributed by atoms with Crippen LogP contribution in [-0.2, 0) is 0 Å². The van der Waals surface area contributed by atoms with Crippen LogP contribution in [0.1, 0.15) is 48.5 Å². The highest BCUT2D eigenvalue weighted by molar-refractivity contribution is 14.0. The van der Waals surface area contributed by atoms with Gasteiger partial charge in [0.05, 0.1) is 0 Å². The van der Waals surface area contributed by atoms with Crippen molar-refractivity contribution in [2.45, 2.75) is 60.5 Å². The van der Waals surface area contributed by atoms with Gasteiger partial charge in [-0.1, -0.05) is 13.8 Å². The zero-order chi connectivity index (χ0) is 20.2. The smallest absolute Gasteiger partial charge is 0.191 e. The van der Waals surface area contributed by atoms with Gasteiger partial charge in [0.25, 0.3) is 0 Å². The minimum atomic E-state index is 0. The average Bonchev–Trinajstić information content (AvgIpc) is 2.63. The molecule has 0 aliphatic carbocycles. The molecule has 7 heteroatoms. The van der Waals surface area contributed by atoms with E-state index < -0.39 is 0 Å². The van der Waals surface area contributed by atoms with Gasteiger partial charge in [-0.3, -0.25) is 9.89 Å². The molecule has 6 nitrogen and oxygen atoms in total. The number of hydrogen-bond acceptors (Lipinski definition) is 4. The van der Waals surface area contributed by atoms with E-state index in [0.29, 0.717) is 18.0 Å². The SMILES string of the molecule is CCNC(=NCC(C)CN1CCN(CC)CC1)NCCN(C(C)C)C(C)C.I. The highest BCUT2D eigenvalue weighted by atomic mass is 127. The topological polar surface area (TPSA) is 46.1 Å². The van der Waals surface area contributed by atoms with E-state index in [9.17, 15) is 0 Å². The monoisotopic (exact) mass is 510 g/mol. The first-order valence-electron chi connectivity index (χ1n) is 11.1. The molecule has 1 fully saturated rings. The quantitative estimate of drug-likeness (QED) is 0.254. The van der Waals surface area contributed by atoms with Gasteiger partial charge >= 0.3 is 0 Å². The molecule has 0 radical (unpaired) electrons. The molecule has 1 unspecified atom stereocenters. The van der Waals surface area contributed by atoms with E-state index >= 15 is 0 Å². The van der Waals surface area contributed by atoms with Gasteiger partial charge in [0.2, 0.25) is 0 Å². The lowest BCUT2D eigenvalue weighted by Gasteiger charge is -2.35. The number of guanidine groups is 1. The molecule has 0 aromatic carbocycles. The number of halogens is 1. The normalized spacial score (nSPS) is 17.9. The molecule has 1 saturated heterocycles. The Kier molecular flexibility index (Phi) is 15.6. The molecule has 0 saturated carbocycles. The van der Waals surface area contributed by atoms with Crippen LogP contribution in [0.25, 0.3) is 0 Å². The molecule has 1 heterocycles. The molecule has 0 aromatic heterocycles. The Morgan fingerprint density at radius 2 is 1.50 bits per heavy atom. The summed E-state index contributed by atoms with van der Waals surface area (Å²) in [5, 5.41) is 6.90. The van der Waals surface area contributed by atoms with Crippen molar-refractivity contribution in [3.63, 3.8) is 0 Å². The van der Waals surface area contributed by atoms with Crippen LogP contribution in [0.3, 0.4) is 0 Å². The summed E-state index contributed by atoms with van der Waals surface area (Å²) in [4.78, 5) is 12.5. The number of piperazine rings is 1. The summed E-state index contributed by atoms with van der Waals surface area (Å²) in [6, 6.07) is 1.14. The maximum Gasteiger partial charge on any atom is 0.191 e. The van der Waals surface area contributed by atoms with Crippen LogP contribution in [0.4, 0.5) is 0 Å². The van der Waals surface area contributed by atoms with Crippen molar-refractivity contribution in [3.05, 3.63) is 0 Å². The predicted molar refractivity (Wildman–Crippen MR) is 134 cm³/mol. The van der Waals surface area contributed by atoms with Gasteiger partial charge in [0.1, 0.15) is 0 Å². The average molecular weight is 511 g/mol. The molecule has 0 spiro atoms. The molecule has 0 bridgehead atoms. The first-order chi connectivity index (χ1) is 12.9. The van der Waals surface area contributed by atoms with Gasteiger partial charge in [0.15, 0.2) is 5.96 Å². The first-order valence-corrected chi connectivity index (χ1v) is 11.1. The highest BCUT2D eigenvalue weighted by Crippen LogP contribution is 2.06. The van der Waals surface area contributed by atoms with Crippen molar-refractivity contribution in [2.24, 2.45) is 10.9 Å². The Balaban J connectivity index is 0.00000729. The maximum atomic E-state index is 4.84. The summed E-state index contributed by atoms with van der Waals surface area (Å²) in [6.45, 7) is 26.6. The number of rotatable bonds is 11. The van der Waals surface area contributed by atoms with Crippen molar-refractivity contribution < 1.29 is 0 Å². The summed E-state index contributed by atoms with van der Waals surface area (Å²) < 4.78 is 0. The summed E-state index contributed by atoms with van der Waals surface area (Å²) in [5.74, 6) is 1.53. The summed E-state index contributed by atoms with van der Waals surface area (Å²) in [5.41, 5.74) is 0. The Labute approximate surface area is 191 Å². The van der Waals surface area contributed by atoms with Crippen LogP contribution in [0.15, 0.2) is 4.99 Å². The first kappa shape index (κ1) is 27.9. The summed E-state index contributed by atoms with van der Waals surface area (Å²) >= 11 is 0. The van der Waals surface area contributed by atoms with Crippen LogP contribution in [0.5, 0.6) is 0 Å². The lowest BCUT2D eigenvalue weighted by molar-refractivity contribution is 0.125. The third kappa shape index (κ3) is 11.2. The van der Waals surface area contributed by atoms with Crippen LogP contribution >= 0.6 is 24.0 Å². The fourth-order valence-corrected chi connectivity index (χ4v) is 3.79. The third-order valence-corrected chi connectivity index (χ3v) is 5.38. The van der Waals surface area contributed by atoms with Crippen molar-refractivity contribution >= 4 is 29.9 Å². The van der Waals surface area contributed by atoms with Crippen molar-refractivity contribution in [1.82, 2.24) is 25.3 Å². The van der Waals surface area contributed by atoms with Gasteiger partial charge in [0, 0.05) is 71.0 Å². The third-order valence-electron chi connectivity index (χ3n) is 5.38. The van der Waals surface area contributed by atoms with E-state index in [-0.39, 0.29) is 24.0 Å². The Hall–Kier alpha value is -0.120. The van der Waals surface area contributed by atoms with Crippen molar-refractivity contribution in [2.75, 3.05) is 65.4 Å². The second-order valence-electron chi connectivity index (χ2n) is 8.41. The zero-order valence-electron chi connectivity index (χ0n) is 19.5. The maximum absolute atomic E-state index is 4.84. The predicted octanol–water partition coefficient (Wildman–Crippen LogP) is 2.55. The molecule has 0 amide bonds. The fraction of sp³-hybridized carbons (Fsp3) is 0.952. The molecule has 28 heavy (non-hydrogen) atoms. The van der Waals surface area contributed by atoms with E-state index in [4.69, 9.17) is 4.99 Å². The molecular weight excluding hydrogens is 463 g/mol. The molecule has 1 atom stereocenters. The van der Waals surface area contributed by atoms with Crippen LogP contribution in [0, 0.1) is 5.92 Å². The van der Waals surface area contributed by atoms with Gasteiger partial charge in [-0.2, -0.15) is 0 Å². The number of likely N-dealkylation sites (N-methyl/N-ethyl adjacent to an activating group) is 1. The molecule has 1 rings (SSSR count). The molecule has 1 aliphatic rings. The van der Waals surface area contributed by atoms with Gasteiger partial charge in [-0.15, -0.1) is 24.0 Å². The van der Waals surface area contributed by atoms with E-state index in [2.05, 4.69) is 73.8 Å². The van der Waals surface area contributed by atoms with Gasteiger partial charge in [-0.25, -0.2) is 0 Å². The van der Waals surface area contributed by atoms with E-state index in [1.165, 1.54) is 32.7 Å². The van der Waals surface area contributed by atoms with E-state index in [0.717, 1.165) is 38.7 Å². The lowest BCUT2D eigenvalue weighted by Crippen LogP contribution is -2.47. The number of aliphatic imine (C=N–C) groups is 1. The number of nitrogens with zero attached hydrogens (tertiary/aromatic N) is 4. The number of hydrogen-bond donors (Lipinski definition) is 2. The van der Waals surface area contributed by atoms with E-state index in [1.54, 1.807) is 0 Å². The van der Waals surface area contributed by atoms with Crippen LogP contribution in [-0.4, -0.2) is 98.2 Å². The Bertz CT molecular complexity index is 400. The minimum Gasteiger partial charge on any atom is -0.357 e. The molecule has 2 N–H and O–H groups in total. The van der Waals surface area contributed by atoms with Crippen LogP contribution < -0.4 is 10.6 Å². The second kappa shape index (κ2) is 15.7. The standard InChI is InChI=1S/C21H46N6.HI/c1-8-22-21(23-10-11-27(18(3)4)19(5)6)24-16-20(7)17-26-14-12-25(9-2)13-15-26;/h18-20H,8-17H2,1-7H3,(H2,22,23,24);1H. The number of nitrogens with one attached hydrogen (secondary N) is 2. The fourth-order valence-electron chi connectivity index (χ4n) is 3.79. The van der Waals surface area contributed by atoms with Crippen molar-refractivity contribution in [1.29, 1.82) is 0 Å². The minimum absolute atomic E-state index is 0. The molecular formula is C21H47IN6. The van der Waals surface area contributed by atoms with Gasteiger partial charge in [-0.05, 0) is 47.1 Å². The molecule has 0 aromatic rings. The molecule has 168 valence electrons. The van der Waals surface area contributed by atoms with Gasteiger partial charge < -0.3 is 20.4 Å². The summed E-state index contributed by atoms with van der Waals surface area (Å²) in [6.07, 6.45) is 0. The summed E-state index contributed by atoms with van der Waals surface area (Å²) in [7, 11) is 0. The largest absolute Gasteiger partial charge is 0.357 e. The highest BCUT2D eigenvalue weighted by Gasteiger charge is 2.17. The van der Waals surface area contributed by atoms with E-state index in [1.807, 2.05) is 0 Å².